The molecule has 0 bridgehead atoms. The van der Waals surface area contributed by atoms with Crippen LogP contribution in [0.1, 0.15) is 36.1 Å². The Morgan fingerprint density at radius 1 is 0.878 bits per heavy atom. The molecule has 2 N–H and O–H groups in total. The molecule has 41 heavy (non-hydrogen) atoms. The number of likely N-dealkylation sites (N-methyl/N-ethyl adjacent to an activating group) is 1. The Kier molecular flexibility index (Phi) is 8.23. The third-order valence-corrected chi connectivity index (χ3v) is 7.53. The number of halogens is 3. The summed E-state index contributed by atoms with van der Waals surface area (Å²) in [6, 6.07) is 16.2. The van der Waals surface area contributed by atoms with Gasteiger partial charge in [0.25, 0.3) is 0 Å². The van der Waals surface area contributed by atoms with Crippen molar-refractivity contribution in [2.24, 2.45) is 4.99 Å². The highest BCUT2D eigenvalue weighted by Gasteiger charge is 2.34. The molecule has 2 aliphatic rings. The second-order valence-corrected chi connectivity index (χ2v) is 10.3. The fraction of sp³-hybridized carbons (Fsp3) is 0.323. The van der Waals surface area contributed by atoms with Crippen LogP contribution in [0, 0.1) is 0 Å². The molecule has 5 rings (SSSR count). The van der Waals surface area contributed by atoms with Gasteiger partial charge in [0, 0.05) is 56.6 Å². The molecule has 2 aliphatic heterocycles. The SMILES string of the molecule is CCN1CCN(Cc2ccc(NC(=O)Nc3cccc(-c4ccc5c(c4)CN=C5C(C)=O)c3)cc2C(F)(F)F)CC1. The van der Waals surface area contributed by atoms with Crippen LogP contribution in [0.3, 0.4) is 0 Å². The minimum atomic E-state index is -4.55. The maximum atomic E-state index is 14.0. The summed E-state index contributed by atoms with van der Waals surface area (Å²) in [5, 5.41) is 5.25. The van der Waals surface area contributed by atoms with E-state index in [4.69, 9.17) is 0 Å². The number of ketones is 1. The van der Waals surface area contributed by atoms with Gasteiger partial charge in [-0.2, -0.15) is 13.2 Å². The van der Waals surface area contributed by atoms with E-state index >= 15 is 0 Å². The van der Waals surface area contributed by atoms with E-state index in [0.717, 1.165) is 48.0 Å². The lowest BCUT2D eigenvalue weighted by atomic mass is 9.97. The average Bonchev–Trinajstić information content (AvgIpc) is 3.38. The molecule has 2 heterocycles. The van der Waals surface area contributed by atoms with Gasteiger partial charge in [-0.15, -0.1) is 0 Å². The van der Waals surface area contributed by atoms with Gasteiger partial charge in [-0.05, 0) is 59.1 Å². The minimum Gasteiger partial charge on any atom is -0.308 e. The first-order valence-electron chi connectivity index (χ1n) is 13.6. The Morgan fingerprint density at radius 3 is 2.24 bits per heavy atom. The summed E-state index contributed by atoms with van der Waals surface area (Å²) in [4.78, 5) is 33.2. The number of Topliss-reactive ketones (excluding diaryl/α,β-unsaturated/α-hetero) is 1. The Labute approximate surface area is 237 Å². The van der Waals surface area contributed by atoms with Gasteiger partial charge in [-0.25, -0.2) is 4.79 Å². The zero-order valence-electron chi connectivity index (χ0n) is 23.0. The molecule has 0 aromatic heterocycles. The molecule has 0 atom stereocenters. The zero-order valence-corrected chi connectivity index (χ0v) is 23.0. The number of hydrogen-bond acceptors (Lipinski definition) is 5. The van der Waals surface area contributed by atoms with E-state index in [9.17, 15) is 22.8 Å². The number of aliphatic imine (C=N–C) groups is 1. The largest absolute Gasteiger partial charge is 0.416 e. The fourth-order valence-electron chi connectivity index (χ4n) is 5.32. The van der Waals surface area contributed by atoms with Gasteiger partial charge < -0.3 is 15.5 Å². The summed E-state index contributed by atoms with van der Waals surface area (Å²) in [6.45, 7) is 8.24. The topological polar surface area (TPSA) is 77.0 Å². The van der Waals surface area contributed by atoms with E-state index in [1.54, 1.807) is 18.2 Å². The van der Waals surface area contributed by atoms with E-state index in [-0.39, 0.29) is 23.6 Å². The molecule has 2 amide bonds. The van der Waals surface area contributed by atoms with E-state index in [1.165, 1.54) is 19.1 Å². The van der Waals surface area contributed by atoms with E-state index < -0.39 is 17.8 Å². The number of nitrogens with one attached hydrogen (secondary N) is 2. The van der Waals surface area contributed by atoms with Gasteiger partial charge in [0.2, 0.25) is 0 Å². The van der Waals surface area contributed by atoms with Crippen molar-refractivity contribution in [2.45, 2.75) is 33.1 Å². The molecular formula is C31H32F3N5O2. The van der Waals surface area contributed by atoms with Crippen LogP contribution in [-0.2, 0) is 24.1 Å². The standard InChI is InChI=1S/C31H32F3N5O2/c1-3-38-11-13-39(14-12-38)19-23-7-9-26(17-28(23)31(32,33)34)37-30(41)36-25-6-4-5-21(16-25)22-8-10-27-24(15-22)18-35-29(27)20(2)40/h4-10,15-17H,3,11-14,18-19H2,1-2H3,(H2,36,37,41). The molecule has 3 aromatic carbocycles. The number of anilines is 2. The molecule has 0 saturated carbocycles. The van der Waals surface area contributed by atoms with Crippen molar-refractivity contribution < 1.29 is 22.8 Å². The highest BCUT2D eigenvalue weighted by atomic mass is 19.4. The van der Waals surface area contributed by atoms with Crippen LogP contribution in [0.2, 0.25) is 0 Å². The van der Waals surface area contributed by atoms with Gasteiger partial charge in [0.15, 0.2) is 5.78 Å². The molecule has 0 unspecified atom stereocenters. The third-order valence-electron chi connectivity index (χ3n) is 7.53. The zero-order chi connectivity index (χ0) is 29.1. The van der Waals surface area contributed by atoms with Crippen LogP contribution >= 0.6 is 0 Å². The van der Waals surface area contributed by atoms with Crippen molar-refractivity contribution in [3.63, 3.8) is 0 Å². The molecular weight excluding hydrogens is 531 g/mol. The highest BCUT2D eigenvalue weighted by molar-refractivity contribution is 6.46. The van der Waals surface area contributed by atoms with Crippen molar-refractivity contribution >= 4 is 28.9 Å². The van der Waals surface area contributed by atoms with Crippen LogP contribution in [0.4, 0.5) is 29.3 Å². The number of alkyl halides is 3. The monoisotopic (exact) mass is 563 g/mol. The van der Waals surface area contributed by atoms with Gasteiger partial charge >= 0.3 is 12.2 Å². The molecule has 3 aromatic rings. The number of hydrogen-bond donors (Lipinski definition) is 2. The number of nitrogens with zero attached hydrogens (tertiary/aromatic N) is 3. The van der Waals surface area contributed by atoms with Crippen molar-refractivity contribution in [3.8, 4) is 11.1 Å². The number of rotatable bonds is 7. The lowest BCUT2D eigenvalue weighted by Crippen LogP contribution is -2.45. The second kappa shape index (κ2) is 11.8. The molecule has 0 spiro atoms. The number of piperazine rings is 1. The smallest absolute Gasteiger partial charge is 0.308 e. The van der Waals surface area contributed by atoms with Gasteiger partial charge in [0.05, 0.1) is 12.1 Å². The summed E-state index contributed by atoms with van der Waals surface area (Å²) in [6.07, 6.45) is -4.55. The van der Waals surface area contributed by atoms with E-state index in [2.05, 4.69) is 27.4 Å². The molecule has 1 saturated heterocycles. The predicted octanol–water partition coefficient (Wildman–Crippen LogP) is 6.05. The first-order valence-corrected chi connectivity index (χ1v) is 13.6. The number of amides is 2. The Balaban J connectivity index is 1.26. The summed E-state index contributed by atoms with van der Waals surface area (Å²) in [5.41, 5.74) is 3.99. The van der Waals surface area contributed by atoms with Crippen molar-refractivity contribution in [1.29, 1.82) is 0 Å². The molecule has 10 heteroatoms. The third kappa shape index (κ3) is 6.66. The molecule has 0 radical (unpaired) electrons. The number of carbonyl (C=O) groups excluding carboxylic acids is 2. The average molecular weight is 564 g/mol. The summed E-state index contributed by atoms with van der Waals surface area (Å²) in [7, 11) is 0. The summed E-state index contributed by atoms with van der Waals surface area (Å²) >= 11 is 0. The molecule has 214 valence electrons. The fourth-order valence-corrected chi connectivity index (χ4v) is 5.32. The quantitative estimate of drug-likeness (QED) is 0.367. The highest BCUT2D eigenvalue weighted by Crippen LogP contribution is 2.35. The number of urea groups is 1. The Hall–Kier alpha value is -4.02. The second-order valence-electron chi connectivity index (χ2n) is 10.3. The van der Waals surface area contributed by atoms with Crippen LogP contribution in [0.25, 0.3) is 11.1 Å². The normalized spacial score (nSPS) is 15.8. The van der Waals surface area contributed by atoms with Gasteiger partial charge in [0.1, 0.15) is 5.71 Å². The maximum Gasteiger partial charge on any atom is 0.416 e. The van der Waals surface area contributed by atoms with Crippen LogP contribution in [0.15, 0.2) is 65.7 Å². The van der Waals surface area contributed by atoms with Gasteiger partial charge in [-0.3, -0.25) is 14.7 Å². The van der Waals surface area contributed by atoms with Crippen LogP contribution in [-0.4, -0.2) is 60.0 Å². The summed E-state index contributed by atoms with van der Waals surface area (Å²) in [5.74, 6) is -0.0730. The number of benzene rings is 3. The maximum absolute atomic E-state index is 14.0. The lowest BCUT2D eigenvalue weighted by Gasteiger charge is -2.34. The van der Waals surface area contributed by atoms with E-state index in [1.807, 2.05) is 29.2 Å². The lowest BCUT2D eigenvalue weighted by molar-refractivity contribution is -0.138. The van der Waals surface area contributed by atoms with Crippen LogP contribution in [0.5, 0.6) is 0 Å². The van der Waals surface area contributed by atoms with Crippen molar-refractivity contribution in [2.75, 3.05) is 43.4 Å². The van der Waals surface area contributed by atoms with Crippen molar-refractivity contribution in [1.82, 2.24) is 9.80 Å². The molecule has 1 fully saturated rings. The Bertz CT molecular complexity index is 1490. The Morgan fingerprint density at radius 2 is 1.56 bits per heavy atom. The first-order chi connectivity index (χ1) is 19.6. The minimum absolute atomic E-state index is 0.0606. The van der Waals surface area contributed by atoms with Crippen molar-refractivity contribution in [3.05, 3.63) is 82.9 Å². The molecule has 7 nitrogen and oxygen atoms in total. The number of fused-ring (bicyclic) bond motifs is 1. The van der Waals surface area contributed by atoms with Crippen LogP contribution < -0.4 is 10.6 Å². The molecule has 0 aliphatic carbocycles. The summed E-state index contributed by atoms with van der Waals surface area (Å²) < 4.78 is 41.9. The van der Waals surface area contributed by atoms with Gasteiger partial charge in [-0.1, -0.05) is 37.3 Å². The van der Waals surface area contributed by atoms with E-state index in [0.29, 0.717) is 31.0 Å². The first kappa shape index (κ1) is 28.5. The number of carbonyl (C=O) groups is 2. The predicted molar refractivity (Wildman–Crippen MR) is 154 cm³/mol.